The highest BCUT2D eigenvalue weighted by Gasteiger charge is 2.09. The molecular weight excluding hydrogens is 336 g/mol. The molecule has 0 atom stereocenters. The topological polar surface area (TPSA) is 60.3 Å². The van der Waals surface area contributed by atoms with Gasteiger partial charge in [-0.05, 0) is 30.3 Å². The largest absolute Gasteiger partial charge is 0.468 e. The molecule has 1 aromatic heterocycles. The van der Waals surface area contributed by atoms with Gasteiger partial charge in [-0.15, -0.1) is 11.8 Å². The molecule has 5 nitrogen and oxygen atoms in total. The molecule has 0 saturated carbocycles. The Morgan fingerprint density at radius 2 is 2.04 bits per heavy atom. The lowest BCUT2D eigenvalue weighted by molar-refractivity contribution is -0.137. The van der Waals surface area contributed by atoms with Crippen LogP contribution in [0.3, 0.4) is 0 Å². The van der Waals surface area contributed by atoms with E-state index in [1.807, 2.05) is 29.1 Å². The maximum absolute atomic E-state index is 12.1. The van der Waals surface area contributed by atoms with Gasteiger partial charge in [-0.25, -0.2) is 0 Å². The predicted molar refractivity (Wildman–Crippen MR) is 93.4 cm³/mol. The fraction of sp³-hybridized carbons (Fsp3) is 0.250. The van der Waals surface area contributed by atoms with Crippen LogP contribution in [0.1, 0.15) is 6.42 Å². The van der Waals surface area contributed by atoms with Gasteiger partial charge in [0.15, 0.2) is 0 Å². The van der Waals surface area contributed by atoms with Crippen molar-refractivity contribution in [2.45, 2.75) is 6.42 Å². The maximum atomic E-state index is 12.1. The SMILES string of the molecule is COC(=O)CSCCC(=O)Nc1ccc(Cl)cc1-n1cccc1. The zero-order chi connectivity index (χ0) is 16.7. The molecule has 1 aromatic carbocycles. The molecule has 2 rings (SSSR count). The molecule has 23 heavy (non-hydrogen) atoms. The number of methoxy groups -OCH3 is 1. The Hall–Kier alpha value is -1.92. The minimum Gasteiger partial charge on any atom is -0.468 e. The van der Waals surface area contributed by atoms with Crippen molar-refractivity contribution < 1.29 is 14.3 Å². The molecule has 0 spiro atoms. The third kappa shape index (κ3) is 5.33. The van der Waals surface area contributed by atoms with Gasteiger partial charge in [0.25, 0.3) is 0 Å². The van der Waals surface area contributed by atoms with Crippen molar-refractivity contribution in [3.8, 4) is 5.69 Å². The number of carbonyl (C=O) groups excluding carboxylic acids is 2. The van der Waals surface area contributed by atoms with Crippen LogP contribution in [0.4, 0.5) is 5.69 Å². The second-order valence-corrected chi connectivity index (χ2v) is 6.22. The molecule has 0 aliphatic heterocycles. The number of carbonyl (C=O) groups is 2. The molecule has 1 amide bonds. The molecule has 0 unspecified atom stereocenters. The minimum atomic E-state index is -0.289. The fourth-order valence-corrected chi connectivity index (χ4v) is 2.84. The van der Waals surface area contributed by atoms with Gasteiger partial charge in [-0.1, -0.05) is 11.6 Å². The van der Waals surface area contributed by atoms with Gasteiger partial charge in [0.2, 0.25) is 5.91 Å². The van der Waals surface area contributed by atoms with Crippen molar-refractivity contribution in [2.24, 2.45) is 0 Å². The van der Waals surface area contributed by atoms with Crippen LogP contribution in [0.5, 0.6) is 0 Å². The first-order chi connectivity index (χ1) is 11.1. The van der Waals surface area contributed by atoms with Crippen LogP contribution in [0.25, 0.3) is 5.69 Å². The lowest BCUT2D eigenvalue weighted by Crippen LogP contribution is -2.14. The monoisotopic (exact) mass is 352 g/mol. The summed E-state index contributed by atoms with van der Waals surface area (Å²) in [6, 6.07) is 9.10. The smallest absolute Gasteiger partial charge is 0.315 e. The third-order valence-electron chi connectivity index (χ3n) is 3.04. The Morgan fingerprint density at radius 3 is 2.74 bits per heavy atom. The first kappa shape index (κ1) is 17.4. The molecule has 0 fully saturated rings. The Kier molecular flexibility index (Phi) is 6.55. The van der Waals surface area contributed by atoms with E-state index >= 15 is 0 Å². The molecule has 1 heterocycles. The van der Waals surface area contributed by atoms with E-state index in [1.165, 1.54) is 18.9 Å². The zero-order valence-corrected chi connectivity index (χ0v) is 14.2. The van der Waals surface area contributed by atoms with Crippen LogP contribution < -0.4 is 5.32 Å². The van der Waals surface area contributed by atoms with Gasteiger partial charge in [0.1, 0.15) is 0 Å². The number of aromatic nitrogens is 1. The number of hydrogen-bond acceptors (Lipinski definition) is 4. The molecule has 0 radical (unpaired) electrons. The van der Waals surface area contributed by atoms with Gasteiger partial charge < -0.3 is 14.6 Å². The summed E-state index contributed by atoms with van der Waals surface area (Å²) in [5.41, 5.74) is 1.49. The number of ether oxygens (including phenoxy) is 1. The summed E-state index contributed by atoms with van der Waals surface area (Å²) in [6.07, 6.45) is 4.08. The van der Waals surface area contributed by atoms with Gasteiger partial charge in [0.05, 0.1) is 24.2 Å². The minimum absolute atomic E-state index is 0.113. The number of thioether (sulfide) groups is 1. The van der Waals surface area contributed by atoms with Crippen LogP contribution >= 0.6 is 23.4 Å². The molecule has 7 heteroatoms. The summed E-state index contributed by atoms with van der Waals surface area (Å²) in [4.78, 5) is 23.0. The summed E-state index contributed by atoms with van der Waals surface area (Å²) in [7, 11) is 1.35. The summed E-state index contributed by atoms with van der Waals surface area (Å²) < 4.78 is 6.43. The Morgan fingerprint density at radius 1 is 1.30 bits per heavy atom. The predicted octanol–water partition coefficient (Wildman–Crippen LogP) is 3.37. The normalized spacial score (nSPS) is 10.3. The number of benzene rings is 1. The first-order valence-corrected chi connectivity index (χ1v) is 8.50. The zero-order valence-electron chi connectivity index (χ0n) is 12.6. The number of nitrogens with zero attached hydrogens (tertiary/aromatic N) is 1. The molecule has 2 aromatic rings. The van der Waals surface area contributed by atoms with Crippen molar-refractivity contribution in [3.63, 3.8) is 0 Å². The molecule has 0 bridgehead atoms. The molecule has 122 valence electrons. The van der Waals surface area contributed by atoms with Crippen LogP contribution in [0.2, 0.25) is 5.02 Å². The fourth-order valence-electron chi connectivity index (χ4n) is 1.91. The second kappa shape index (κ2) is 8.64. The Bertz CT molecular complexity index is 674. The van der Waals surface area contributed by atoms with E-state index in [4.69, 9.17) is 11.6 Å². The highest BCUT2D eigenvalue weighted by atomic mass is 35.5. The standard InChI is InChI=1S/C16H17ClN2O3S/c1-22-16(21)11-23-9-6-15(20)18-13-5-4-12(17)10-14(13)19-7-2-3-8-19/h2-5,7-8,10H,6,9,11H2,1H3,(H,18,20). The van der Waals surface area contributed by atoms with E-state index in [0.717, 1.165) is 5.69 Å². The molecule has 0 aliphatic carbocycles. The lowest BCUT2D eigenvalue weighted by Gasteiger charge is -2.12. The number of anilines is 1. The number of nitrogens with one attached hydrogen (secondary N) is 1. The maximum Gasteiger partial charge on any atom is 0.315 e. The third-order valence-corrected chi connectivity index (χ3v) is 4.21. The average molecular weight is 353 g/mol. The Balaban J connectivity index is 1.95. The van der Waals surface area contributed by atoms with Crippen LogP contribution in [0, 0.1) is 0 Å². The van der Waals surface area contributed by atoms with Crippen molar-refractivity contribution in [3.05, 3.63) is 47.7 Å². The molecule has 1 N–H and O–H groups in total. The molecular formula is C16H17ClN2O3S. The van der Waals surface area contributed by atoms with E-state index < -0.39 is 0 Å². The highest BCUT2D eigenvalue weighted by molar-refractivity contribution is 7.99. The van der Waals surface area contributed by atoms with Gasteiger partial charge in [-0.3, -0.25) is 9.59 Å². The number of hydrogen-bond donors (Lipinski definition) is 1. The summed E-state index contributed by atoms with van der Waals surface area (Å²) in [5.74, 6) is 0.397. The van der Waals surface area contributed by atoms with E-state index in [1.54, 1.807) is 18.2 Å². The Labute approximate surface area is 144 Å². The van der Waals surface area contributed by atoms with Crippen LogP contribution in [-0.4, -0.2) is 35.1 Å². The number of halogens is 1. The van der Waals surface area contributed by atoms with Crippen molar-refractivity contribution >= 4 is 40.9 Å². The summed E-state index contributed by atoms with van der Waals surface area (Å²) >= 11 is 7.41. The molecule has 0 aliphatic rings. The van der Waals surface area contributed by atoms with Crippen molar-refractivity contribution in [1.82, 2.24) is 4.57 Å². The van der Waals surface area contributed by atoms with Gasteiger partial charge in [0, 0.05) is 29.6 Å². The van der Waals surface area contributed by atoms with Crippen LogP contribution in [0.15, 0.2) is 42.7 Å². The van der Waals surface area contributed by atoms with Gasteiger partial charge >= 0.3 is 5.97 Å². The van der Waals surface area contributed by atoms with Crippen molar-refractivity contribution in [1.29, 1.82) is 0 Å². The van der Waals surface area contributed by atoms with E-state index in [9.17, 15) is 9.59 Å². The quantitative estimate of drug-likeness (QED) is 0.613. The summed E-state index contributed by atoms with van der Waals surface area (Å²) in [6.45, 7) is 0. The van der Waals surface area contributed by atoms with Crippen LogP contribution in [-0.2, 0) is 14.3 Å². The van der Waals surface area contributed by atoms with E-state index in [0.29, 0.717) is 22.9 Å². The second-order valence-electron chi connectivity index (χ2n) is 4.68. The lowest BCUT2D eigenvalue weighted by atomic mass is 10.2. The van der Waals surface area contributed by atoms with Crippen molar-refractivity contribution in [2.75, 3.05) is 23.9 Å². The van der Waals surface area contributed by atoms with Gasteiger partial charge in [-0.2, -0.15) is 0 Å². The first-order valence-electron chi connectivity index (χ1n) is 6.97. The van der Waals surface area contributed by atoms with E-state index in [2.05, 4.69) is 10.1 Å². The highest BCUT2D eigenvalue weighted by Crippen LogP contribution is 2.25. The molecule has 0 saturated heterocycles. The summed E-state index contributed by atoms with van der Waals surface area (Å²) in [5, 5.41) is 3.48. The number of amides is 1. The number of esters is 1. The van der Waals surface area contributed by atoms with E-state index in [-0.39, 0.29) is 17.6 Å². The number of rotatable bonds is 7. The average Bonchev–Trinajstić information content (AvgIpc) is 3.07.